The van der Waals surface area contributed by atoms with Gasteiger partial charge in [0.25, 0.3) is 0 Å². The highest BCUT2D eigenvalue weighted by molar-refractivity contribution is 5.97. The van der Waals surface area contributed by atoms with Gasteiger partial charge in [-0.25, -0.2) is 9.18 Å². The number of rotatable bonds is 5. The van der Waals surface area contributed by atoms with E-state index in [0.29, 0.717) is 24.3 Å². The van der Waals surface area contributed by atoms with Gasteiger partial charge in [-0.1, -0.05) is 0 Å². The number of carboxylic acid groups (broad SMARTS) is 1. The minimum absolute atomic E-state index is 0.0432. The highest BCUT2D eigenvalue weighted by Crippen LogP contribution is 2.42. The molecule has 0 saturated carbocycles. The van der Waals surface area contributed by atoms with Crippen LogP contribution in [0.15, 0.2) is 29.0 Å². The zero-order chi connectivity index (χ0) is 20.9. The number of nitrogens with two attached hydrogens (primary N) is 1. The van der Waals surface area contributed by atoms with Crippen molar-refractivity contribution in [3.63, 3.8) is 0 Å². The fourth-order valence-electron chi connectivity index (χ4n) is 3.69. The van der Waals surface area contributed by atoms with Crippen molar-refractivity contribution >= 4 is 22.6 Å². The maximum absolute atomic E-state index is 15.2. The van der Waals surface area contributed by atoms with Crippen LogP contribution in [-0.2, 0) is 4.84 Å². The predicted octanol–water partition coefficient (Wildman–Crippen LogP) is 0.144. The van der Waals surface area contributed by atoms with Gasteiger partial charge in [-0.15, -0.1) is 0 Å². The largest absolute Gasteiger partial charge is 0.477 e. The molecule has 4 N–H and O–H groups in total. The summed E-state index contributed by atoms with van der Waals surface area (Å²) in [5.74, 6) is -2.03. The number of anilines is 1. The summed E-state index contributed by atoms with van der Waals surface area (Å²) in [5.41, 5.74) is 8.49. The van der Waals surface area contributed by atoms with E-state index in [1.165, 1.54) is 18.0 Å². The number of carbonyl (C=O) groups is 1. The minimum atomic E-state index is -1.38. The van der Waals surface area contributed by atoms with Gasteiger partial charge in [0.1, 0.15) is 16.8 Å². The van der Waals surface area contributed by atoms with Gasteiger partial charge in [0.2, 0.25) is 5.43 Å². The number of aromatic carboxylic acids is 1. The van der Waals surface area contributed by atoms with Crippen molar-refractivity contribution in [3.8, 4) is 5.75 Å². The maximum Gasteiger partial charge on any atom is 0.341 e. The van der Waals surface area contributed by atoms with Crippen molar-refractivity contribution in [1.29, 1.82) is 0 Å². The van der Waals surface area contributed by atoms with Crippen LogP contribution < -0.4 is 31.3 Å². The standard InChI is InChI=1S/C18H20FN5O5/c1-22-8-29-17-14-10(16(25)11(18(26)27)6-24(14)22)3-12(19)15(17)23-5-9(4-20)13(7-23)21-28-2/h3,6-7,9,21H,4-5,8,20H2,1-2H3,(H,26,27). The molecule has 2 aromatic rings. The van der Waals surface area contributed by atoms with Crippen LogP contribution in [0.25, 0.3) is 10.9 Å². The summed E-state index contributed by atoms with van der Waals surface area (Å²) in [4.78, 5) is 30.7. The molecule has 0 bridgehead atoms. The SMILES string of the molecule is CONC1=CN(c2c(F)cc3c(=O)c(C(=O)O)cn4c3c2OCN4C)CC1CN. The van der Waals surface area contributed by atoms with Gasteiger partial charge in [-0.05, 0) is 6.07 Å². The smallest absolute Gasteiger partial charge is 0.341 e. The van der Waals surface area contributed by atoms with Gasteiger partial charge in [-0.2, -0.15) is 0 Å². The van der Waals surface area contributed by atoms with Crippen molar-refractivity contribution in [1.82, 2.24) is 10.2 Å². The van der Waals surface area contributed by atoms with Crippen molar-refractivity contribution in [2.24, 2.45) is 11.7 Å². The first-order valence-corrected chi connectivity index (χ1v) is 8.84. The predicted molar refractivity (Wildman–Crippen MR) is 103 cm³/mol. The number of hydrogen-bond acceptors (Lipinski definition) is 8. The van der Waals surface area contributed by atoms with E-state index in [1.807, 2.05) is 0 Å². The van der Waals surface area contributed by atoms with Gasteiger partial charge in [0.05, 0.1) is 18.2 Å². The number of pyridine rings is 1. The Bertz CT molecular complexity index is 1100. The number of aromatic nitrogens is 1. The van der Waals surface area contributed by atoms with E-state index < -0.39 is 22.8 Å². The quantitative estimate of drug-likeness (QED) is 0.596. The maximum atomic E-state index is 15.2. The monoisotopic (exact) mass is 405 g/mol. The highest BCUT2D eigenvalue weighted by atomic mass is 19.1. The Labute approximate surface area is 164 Å². The van der Waals surface area contributed by atoms with Crippen LogP contribution in [0.1, 0.15) is 10.4 Å². The number of benzene rings is 1. The van der Waals surface area contributed by atoms with Gasteiger partial charge >= 0.3 is 5.97 Å². The van der Waals surface area contributed by atoms with E-state index in [4.69, 9.17) is 15.3 Å². The van der Waals surface area contributed by atoms with Gasteiger partial charge < -0.3 is 20.5 Å². The first-order valence-electron chi connectivity index (χ1n) is 8.84. The molecule has 0 radical (unpaired) electrons. The van der Waals surface area contributed by atoms with E-state index in [1.54, 1.807) is 23.2 Å². The number of hydroxylamine groups is 1. The number of ether oxygens (including phenoxy) is 1. The lowest BCUT2D eigenvalue weighted by atomic mass is 10.1. The average Bonchev–Trinajstić information content (AvgIpc) is 3.08. The molecule has 1 aromatic carbocycles. The molecule has 3 heterocycles. The Balaban J connectivity index is 1.97. The number of nitrogens with zero attached hydrogens (tertiary/aromatic N) is 3. The molecule has 4 rings (SSSR count). The first-order chi connectivity index (χ1) is 13.9. The topological polar surface area (TPSA) is 122 Å². The Hall–Kier alpha value is -3.31. The summed E-state index contributed by atoms with van der Waals surface area (Å²) in [6.07, 6.45) is 2.90. The molecule has 2 aliphatic rings. The number of halogens is 1. The molecule has 0 fully saturated rings. The molecule has 10 nitrogen and oxygen atoms in total. The molecule has 2 aliphatic heterocycles. The molecule has 154 valence electrons. The molecule has 0 spiro atoms. The molecule has 29 heavy (non-hydrogen) atoms. The number of carboxylic acids is 1. The summed E-state index contributed by atoms with van der Waals surface area (Å²) in [5, 5.41) is 10.9. The van der Waals surface area contributed by atoms with Crippen molar-refractivity contribution in [2.45, 2.75) is 0 Å². The summed E-state index contributed by atoms with van der Waals surface area (Å²) in [6, 6.07) is 1.05. The molecule has 11 heteroatoms. The normalized spacial score (nSPS) is 18.1. The molecule has 0 aliphatic carbocycles. The molecule has 1 unspecified atom stereocenters. The van der Waals surface area contributed by atoms with Crippen LogP contribution in [-0.4, -0.2) is 49.7 Å². The fraction of sp³-hybridized carbons (Fsp3) is 0.333. The molecule has 1 aromatic heterocycles. The summed E-state index contributed by atoms with van der Waals surface area (Å²) >= 11 is 0. The van der Waals surface area contributed by atoms with Crippen molar-refractivity contribution < 1.29 is 23.9 Å². The Morgan fingerprint density at radius 1 is 1.52 bits per heavy atom. The Morgan fingerprint density at radius 3 is 2.93 bits per heavy atom. The molecule has 0 amide bonds. The van der Waals surface area contributed by atoms with Crippen LogP contribution in [0.4, 0.5) is 10.1 Å². The van der Waals surface area contributed by atoms with Gasteiger partial charge in [0.15, 0.2) is 18.3 Å². The Kier molecular flexibility index (Phi) is 4.55. The summed E-state index contributed by atoms with van der Waals surface area (Å²) in [6.45, 7) is 0.745. The molecular formula is C18H20FN5O5. The lowest BCUT2D eigenvalue weighted by Crippen LogP contribution is -2.40. The fourth-order valence-corrected chi connectivity index (χ4v) is 3.69. The molecular weight excluding hydrogens is 385 g/mol. The van der Waals surface area contributed by atoms with E-state index in [2.05, 4.69) is 5.48 Å². The third-order valence-electron chi connectivity index (χ3n) is 5.09. The van der Waals surface area contributed by atoms with Crippen LogP contribution in [0, 0.1) is 11.7 Å². The lowest BCUT2D eigenvalue weighted by molar-refractivity contribution is 0.0694. The molecule has 0 saturated heterocycles. The van der Waals surface area contributed by atoms with Gasteiger partial charge in [-0.3, -0.25) is 24.8 Å². The van der Waals surface area contributed by atoms with Crippen LogP contribution in [0.2, 0.25) is 0 Å². The summed E-state index contributed by atoms with van der Waals surface area (Å²) < 4.78 is 22.5. The van der Waals surface area contributed by atoms with Crippen molar-refractivity contribution in [3.05, 3.63) is 45.8 Å². The summed E-state index contributed by atoms with van der Waals surface area (Å²) in [7, 11) is 3.14. The third-order valence-corrected chi connectivity index (χ3v) is 5.09. The van der Waals surface area contributed by atoms with Crippen molar-refractivity contribution in [2.75, 3.05) is 43.9 Å². The average molecular weight is 405 g/mol. The Morgan fingerprint density at radius 2 is 2.28 bits per heavy atom. The highest BCUT2D eigenvalue weighted by Gasteiger charge is 2.33. The molecule has 1 atom stereocenters. The third kappa shape index (κ3) is 2.86. The first kappa shape index (κ1) is 19.0. The van der Waals surface area contributed by atoms with Crippen LogP contribution >= 0.6 is 0 Å². The second kappa shape index (κ2) is 6.94. The van der Waals surface area contributed by atoms with E-state index in [0.717, 1.165) is 6.07 Å². The van der Waals surface area contributed by atoms with Crippen LogP contribution in [0.5, 0.6) is 5.75 Å². The van der Waals surface area contributed by atoms with Crippen LogP contribution in [0.3, 0.4) is 0 Å². The minimum Gasteiger partial charge on any atom is -0.477 e. The number of hydrogen-bond donors (Lipinski definition) is 3. The zero-order valence-corrected chi connectivity index (χ0v) is 15.8. The van der Waals surface area contributed by atoms with E-state index >= 15 is 4.39 Å². The van der Waals surface area contributed by atoms with E-state index in [9.17, 15) is 14.7 Å². The lowest BCUT2D eigenvalue weighted by Gasteiger charge is -2.33. The second-order valence-electron chi connectivity index (χ2n) is 6.86. The zero-order valence-electron chi connectivity index (χ0n) is 15.8. The number of nitrogens with one attached hydrogen (secondary N) is 1. The van der Waals surface area contributed by atoms with E-state index in [-0.39, 0.29) is 29.5 Å². The van der Waals surface area contributed by atoms with Gasteiger partial charge in [0, 0.05) is 38.5 Å². The second-order valence-corrected chi connectivity index (χ2v) is 6.86.